The van der Waals surface area contributed by atoms with Crippen LogP contribution in [0.1, 0.15) is 168 Å². The van der Waals surface area contributed by atoms with Gasteiger partial charge in [0, 0.05) is 32.0 Å². The Hall–Kier alpha value is 1.59. The highest BCUT2D eigenvalue weighted by atomic mass is 32.2. The molecule has 4 aliphatic rings. The number of hydrogen-bond acceptors (Lipinski definition) is 10. The van der Waals surface area contributed by atoms with Crippen LogP contribution in [0.15, 0.2) is 0 Å². The molecule has 4 rings (SSSR count). The van der Waals surface area contributed by atoms with Gasteiger partial charge < -0.3 is 28.2 Å². The average molecular weight is 994 g/mol. The summed E-state index contributed by atoms with van der Waals surface area (Å²) in [5.41, 5.74) is 0. The Balaban J connectivity index is 1.59. The lowest BCUT2D eigenvalue weighted by Crippen LogP contribution is -2.55. The van der Waals surface area contributed by atoms with Crippen molar-refractivity contribution >= 4 is 63.7 Å². The minimum atomic E-state index is -2.23. The summed E-state index contributed by atoms with van der Waals surface area (Å²) in [5, 5.41) is 11.9. The van der Waals surface area contributed by atoms with Gasteiger partial charge in [-0.1, -0.05) is 90.0 Å². The SMILES string of the molecule is CO[C@H]([C@H](O)C(C)C)[C@@H](CC1([C@@H](C)[C@H](CC[C@@H](C)[C@@H]2O[C@]3(CC[C@@H](C)[C@H](CC[C@H](C)C4(C)SCCCS4)O3)CC[C@@H]2C)O[Si](C)(C)C(C)(C)C)SCCCS1)O[Si](C)(C)C(C)(C)C. The van der Waals surface area contributed by atoms with Gasteiger partial charge in [0.25, 0.3) is 0 Å². The van der Waals surface area contributed by atoms with Gasteiger partial charge in [0.05, 0.1) is 32.6 Å². The van der Waals surface area contributed by atoms with Gasteiger partial charge in [-0.05, 0) is 154 Å². The van der Waals surface area contributed by atoms with E-state index >= 15 is 0 Å². The molecular formula is C51H100O6S4Si2. The van der Waals surface area contributed by atoms with Crippen LogP contribution in [0.4, 0.5) is 0 Å². The predicted octanol–water partition coefficient (Wildman–Crippen LogP) is 15.1. The Labute approximate surface area is 409 Å². The first-order chi connectivity index (χ1) is 29.0. The summed E-state index contributed by atoms with van der Waals surface area (Å²) in [6.45, 7) is 42.7. The molecule has 0 bridgehead atoms. The monoisotopic (exact) mass is 993 g/mol. The van der Waals surface area contributed by atoms with Gasteiger partial charge in [0.1, 0.15) is 6.10 Å². The first-order valence-electron chi connectivity index (χ1n) is 25.5. The lowest BCUT2D eigenvalue weighted by atomic mass is 9.79. The Morgan fingerprint density at radius 3 is 1.73 bits per heavy atom. The van der Waals surface area contributed by atoms with E-state index in [0.717, 1.165) is 56.5 Å². The minimum absolute atomic E-state index is 0.0326. The molecule has 4 aliphatic heterocycles. The van der Waals surface area contributed by atoms with Crippen LogP contribution in [0.2, 0.25) is 36.3 Å². The van der Waals surface area contributed by atoms with E-state index in [9.17, 15) is 5.11 Å². The first-order valence-corrected chi connectivity index (χ1v) is 35.3. The van der Waals surface area contributed by atoms with Crippen LogP contribution < -0.4 is 0 Å². The van der Waals surface area contributed by atoms with Crippen LogP contribution in [0.25, 0.3) is 0 Å². The van der Waals surface area contributed by atoms with E-state index in [-0.39, 0.29) is 50.4 Å². The molecule has 12 heteroatoms. The van der Waals surface area contributed by atoms with E-state index in [2.05, 4.69) is 170 Å². The van der Waals surface area contributed by atoms with Gasteiger partial charge in [-0.2, -0.15) is 0 Å². The molecule has 63 heavy (non-hydrogen) atoms. The molecule has 0 aliphatic carbocycles. The van der Waals surface area contributed by atoms with E-state index in [4.69, 9.17) is 23.1 Å². The normalized spacial score (nSPS) is 31.0. The number of methoxy groups -OCH3 is 1. The quantitative estimate of drug-likeness (QED) is 0.119. The molecule has 1 N–H and O–H groups in total. The molecule has 4 fully saturated rings. The molecule has 0 aromatic heterocycles. The second-order valence-corrected chi connectivity index (χ2v) is 40.4. The van der Waals surface area contributed by atoms with Crippen molar-refractivity contribution in [1.82, 2.24) is 0 Å². The highest BCUT2D eigenvalue weighted by Gasteiger charge is 2.53. The van der Waals surface area contributed by atoms with Gasteiger partial charge in [0.2, 0.25) is 0 Å². The average Bonchev–Trinajstić information content (AvgIpc) is 3.20. The molecular weight excluding hydrogens is 893 g/mol. The lowest BCUT2D eigenvalue weighted by Gasteiger charge is -2.52. The fourth-order valence-electron chi connectivity index (χ4n) is 9.97. The van der Waals surface area contributed by atoms with Crippen LogP contribution in [0, 0.1) is 35.5 Å². The zero-order valence-electron chi connectivity index (χ0n) is 44.2. The fraction of sp³-hybridized carbons (Fsp3) is 1.00. The van der Waals surface area contributed by atoms with Crippen molar-refractivity contribution in [3.63, 3.8) is 0 Å². The summed E-state index contributed by atoms with van der Waals surface area (Å²) in [5.74, 6) is 6.82. The Bertz CT molecular complexity index is 1370. The van der Waals surface area contributed by atoms with Crippen LogP contribution in [0.3, 0.4) is 0 Å². The maximum Gasteiger partial charge on any atom is 0.192 e. The molecule has 0 radical (unpaired) electrons. The second kappa shape index (κ2) is 23.2. The summed E-state index contributed by atoms with van der Waals surface area (Å²) >= 11 is 8.64. The molecule has 4 heterocycles. The maximum atomic E-state index is 11.7. The second-order valence-electron chi connectivity index (χ2n) is 24.4. The van der Waals surface area contributed by atoms with Crippen LogP contribution >= 0.6 is 47.0 Å². The zero-order chi connectivity index (χ0) is 47.4. The third-order valence-electron chi connectivity index (χ3n) is 17.1. The molecule has 0 saturated carbocycles. The Kier molecular flexibility index (Phi) is 21.1. The van der Waals surface area contributed by atoms with Crippen LogP contribution in [-0.2, 0) is 23.1 Å². The van der Waals surface area contributed by atoms with E-state index < -0.39 is 34.6 Å². The standard InChI is InChI=1S/C51H100O6S4Si2/c1-35(2)44(52)46(53-15)43(57-63(18,19)48(11,12)13)34-51(60-32-21-33-61-51)40(7)42(56-62(16,17)47(8,9)10)24-22-37(4)45-38(5)27-29-50(55-45)28-26-36(3)41(54-50)25-23-39(6)49(14)58-30-20-31-59-49/h35-46,52H,20-34H2,1-19H3/t36-,37-,38+,39+,40+,41+,42+,43-,44-,45+,46+,50-/m1/s1. The first kappa shape index (κ1) is 57.2. The van der Waals surface area contributed by atoms with Crippen molar-refractivity contribution in [1.29, 1.82) is 0 Å². The van der Waals surface area contributed by atoms with Gasteiger partial charge in [-0.3, -0.25) is 0 Å². The van der Waals surface area contributed by atoms with Crippen molar-refractivity contribution in [3.05, 3.63) is 0 Å². The third kappa shape index (κ3) is 14.6. The molecule has 4 saturated heterocycles. The van der Waals surface area contributed by atoms with Crippen molar-refractivity contribution in [2.24, 2.45) is 35.5 Å². The van der Waals surface area contributed by atoms with Crippen molar-refractivity contribution < 1.29 is 28.2 Å². The summed E-state index contributed by atoms with van der Waals surface area (Å²) < 4.78 is 36.2. The van der Waals surface area contributed by atoms with E-state index in [1.54, 1.807) is 7.11 Å². The maximum absolute atomic E-state index is 11.7. The molecule has 0 aromatic rings. The minimum Gasteiger partial charge on any atom is -0.414 e. The molecule has 372 valence electrons. The van der Waals surface area contributed by atoms with Gasteiger partial charge in [0.15, 0.2) is 22.4 Å². The highest BCUT2D eigenvalue weighted by Crippen LogP contribution is 2.56. The number of hydrogen-bond donors (Lipinski definition) is 1. The topological polar surface area (TPSA) is 66.4 Å². The summed E-state index contributed by atoms with van der Waals surface area (Å²) in [7, 11) is -2.62. The molecule has 0 aromatic carbocycles. The number of thioether (sulfide) groups is 4. The van der Waals surface area contributed by atoms with Gasteiger partial charge in [-0.15, -0.1) is 47.0 Å². The molecule has 0 unspecified atom stereocenters. The Morgan fingerprint density at radius 1 is 0.714 bits per heavy atom. The van der Waals surface area contributed by atoms with E-state index in [1.165, 1.54) is 37.2 Å². The van der Waals surface area contributed by atoms with Crippen molar-refractivity contribution in [3.8, 4) is 0 Å². The van der Waals surface area contributed by atoms with Gasteiger partial charge >= 0.3 is 0 Å². The predicted molar refractivity (Wildman–Crippen MR) is 286 cm³/mol. The largest absolute Gasteiger partial charge is 0.414 e. The summed E-state index contributed by atoms with van der Waals surface area (Å²) in [6, 6.07) is 0. The van der Waals surface area contributed by atoms with Gasteiger partial charge in [-0.25, -0.2) is 0 Å². The van der Waals surface area contributed by atoms with Crippen LogP contribution in [-0.4, -0.2) is 102 Å². The smallest absolute Gasteiger partial charge is 0.192 e. The van der Waals surface area contributed by atoms with E-state index in [1.807, 2.05) is 0 Å². The van der Waals surface area contributed by atoms with E-state index in [0.29, 0.717) is 27.8 Å². The molecule has 12 atom stereocenters. The van der Waals surface area contributed by atoms with Crippen molar-refractivity contribution in [2.75, 3.05) is 30.1 Å². The molecule has 1 spiro atoms. The number of ether oxygens (including phenoxy) is 3. The number of rotatable bonds is 20. The third-order valence-corrected chi connectivity index (χ3v) is 33.5. The molecule has 0 amide bonds. The van der Waals surface area contributed by atoms with Crippen molar-refractivity contribution in [2.45, 2.75) is 254 Å². The highest BCUT2D eigenvalue weighted by molar-refractivity contribution is 8.19. The summed E-state index contributed by atoms with van der Waals surface area (Å²) in [4.78, 5) is 0. The number of aliphatic hydroxyl groups is 1. The summed E-state index contributed by atoms with van der Waals surface area (Å²) in [6.07, 6.45) is 11.4. The van der Waals surface area contributed by atoms with Crippen LogP contribution in [0.5, 0.6) is 0 Å². The lowest BCUT2D eigenvalue weighted by molar-refractivity contribution is -0.338. The fourth-order valence-corrected chi connectivity index (χ4v) is 19.6. The Morgan fingerprint density at radius 2 is 1.22 bits per heavy atom. The molecule has 6 nitrogen and oxygen atoms in total. The zero-order valence-corrected chi connectivity index (χ0v) is 49.4. The number of aliphatic hydroxyl groups excluding tert-OH is 1.